The molecule has 0 saturated heterocycles. The summed E-state index contributed by atoms with van der Waals surface area (Å²) in [5, 5.41) is 13.5. The summed E-state index contributed by atoms with van der Waals surface area (Å²) in [5.41, 5.74) is 6.62. The molecule has 3 N–H and O–H groups in total. The van der Waals surface area contributed by atoms with Gasteiger partial charge in [-0.15, -0.1) is 0 Å². The van der Waals surface area contributed by atoms with Crippen LogP contribution >= 0.6 is 11.6 Å². The zero-order chi connectivity index (χ0) is 14.7. The number of nitro benzene ring substituents is 1. The molecule has 0 heterocycles. The Labute approximate surface area is 119 Å². The lowest BCUT2D eigenvalue weighted by Crippen LogP contribution is -2.14. The third kappa shape index (κ3) is 3.04. The van der Waals surface area contributed by atoms with Crippen LogP contribution in [-0.4, -0.2) is 10.8 Å². The summed E-state index contributed by atoms with van der Waals surface area (Å²) in [6.45, 7) is 0. The number of carbonyl (C=O) groups excluding carboxylic acids is 1. The number of hydrogen-bond donors (Lipinski definition) is 2. The quantitative estimate of drug-likeness (QED) is 0.516. The van der Waals surface area contributed by atoms with E-state index < -0.39 is 10.8 Å². The number of non-ortho nitro benzene ring substituents is 1. The van der Waals surface area contributed by atoms with Crippen molar-refractivity contribution in [3.63, 3.8) is 0 Å². The molecule has 0 unspecified atom stereocenters. The highest BCUT2D eigenvalue weighted by Crippen LogP contribution is 2.20. The normalized spacial score (nSPS) is 10.1. The number of hydrogen-bond acceptors (Lipinski definition) is 4. The molecule has 0 aromatic heterocycles. The zero-order valence-corrected chi connectivity index (χ0v) is 10.9. The number of nitrogens with two attached hydrogens (primary N) is 1. The van der Waals surface area contributed by atoms with Crippen LogP contribution in [0.2, 0.25) is 5.02 Å². The minimum absolute atomic E-state index is 0.0507. The standard InChI is InChI=1S/C13H10ClN3O3/c14-8-1-6-12(15)11(7-8)13(18)16-9-2-4-10(5-3-9)17(19)20/h1-7H,15H2,(H,16,18). The van der Waals surface area contributed by atoms with Crippen molar-refractivity contribution in [2.45, 2.75) is 0 Å². The second-order valence-corrected chi connectivity index (χ2v) is 4.43. The van der Waals surface area contributed by atoms with Gasteiger partial charge in [-0.3, -0.25) is 14.9 Å². The molecule has 7 heteroatoms. The van der Waals surface area contributed by atoms with E-state index in [9.17, 15) is 14.9 Å². The van der Waals surface area contributed by atoms with Crippen LogP contribution in [0.3, 0.4) is 0 Å². The fourth-order valence-corrected chi connectivity index (χ4v) is 1.76. The number of benzene rings is 2. The average molecular weight is 292 g/mol. The number of nitrogens with one attached hydrogen (secondary N) is 1. The van der Waals surface area contributed by atoms with Crippen molar-refractivity contribution in [2.24, 2.45) is 0 Å². The van der Waals surface area contributed by atoms with Crippen LogP contribution in [0, 0.1) is 10.1 Å². The second-order valence-electron chi connectivity index (χ2n) is 3.99. The molecule has 2 aromatic carbocycles. The summed E-state index contributed by atoms with van der Waals surface area (Å²) >= 11 is 5.81. The van der Waals surface area contributed by atoms with Gasteiger partial charge in [0.15, 0.2) is 0 Å². The van der Waals surface area contributed by atoms with Crippen LogP contribution in [0.25, 0.3) is 0 Å². The molecule has 2 aromatic rings. The highest BCUT2D eigenvalue weighted by molar-refractivity contribution is 6.31. The van der Waals surface area contributed by atoms with E-state index in [4.69, 9.17) is 17.3 Å². The molecule has 0 aliphatic carbocycles. The van der Waals surface area contributed by atoms with Crippen molar-refractivity contribution in [1.82, 2.24) is 0 Å². The van der Waals surface area contributed by atoms with Gasteiger partial charge < -0.3 is 11.1 Å². The zero-order valence-electron chi connectivity index (χ0n) is 10.2. The number of anilines is 2. The van der Waals surface area contributed by atoms with Crippen LogP contribution in [0.5, 0.6) is 0 Å². The summed E-state index contributed by atoms with van der Waals surface area (Å²) in [4.78, 5) is 22.0. The molecule has 0 atom stereocenters. The van der Waals surface area contributed by atoms with Gasteiger partial charge in [0, 0.05) is 28.5 Å². The first-order chi connectivity index (χ1) is 9.47. The molecule has 6 nitrogen and oxygen atoms in total. The highest BCUT2D eigenvalue weighted by atomic mass is 35.5. The second kappa shape index (κ2) is 5.58. The number of amides is 1. The molecule has 0 spiro atoms. The van der Waals surface area contributed by atoms with Gasteiger partial charge in [-0.05, 0) is 30.3 Å². The smallest absolute Gasteiger partial charge is 0.269 e. The van der Waals surface area contributed by atoms with E-state index in [1.807, 2.05) is 0 Å². The van der Waals surface area contributed by atoms with Crippen LogP contribution in [0.4, 0.5) is 17.1 Å². The van der Waals surface area contributed by atoms with Crippen LogP contribution in [0.1, 0.15) is 10.4 Å². The monoisotopic (exact) mass is 291 g/mol. The molecule has 102 valence electrons. The van der Waals surface area contributed by atoms with Crippen molar-refractivity contribution in [2.75, 3.05) is 11.1 Å². The van der Waals surface area contributed by atoms with Crippen LogP contribution < -0.4 is 11.1 Å². The summed E-state index contributed by atoms with van der Waals surface area (Å²) in [5.74, 6) is -0.432. The Morgan fingerprint density at radius 3 is 2.45 bits per heavy atom. The van der Waals surface area contributed by atoms with Crippen LogP contribution in [-0.2, 0) is 0 Å². The molecular formula is C13H10ClN3O3. The summed E-state index contributed by atoms with van der Waals surface area (Å²) in [6, 6.07) is 10.1. The molecule has 0 saturated carbocycles. The predicted molar refractivity (Wildman–Crippen MR) is 76.9 cm³/mol. The average Bonchev–Trinajstić information content (AvgIpc) is 2.42. The first kappa shape index (κ1) is 13.8. The van der Waals surface area contributed by atoms with Crippen molar-refractivity contribution in [3.8, 4) is 0 Å². The van der Waals surface area contributed by atoms with E-state index in [0.717, 1.165) is 0 Å². The lowest BCUT2D eigenvalue weighted by molar-refractivity contribution is -0.384. The van der Waals surface area contributed by atoms with Gasteiger partial charge >= 0.3 is 0 Å². The fourth-order valence-electron chi connectivity index (χ4n) is 1.59. The Kier molecular flexibility index (Phi) is 3.86. The molecule has 0 aliphatic rings. The van der Waals surface area contributed by atoms with Gasteiger partial charge in [-0.2, -0.15) is 0 Å². The van der Waals surface area contributed by atoms with E-state index in [2.05, 4.69) is 5.32 Å². The van der Waals surface area contributed by atoms with Gasteiger partial charge in [0.1, 0.15) is 0 Å². The number of nitro groups is 1. The Hall–Kier alpha value is -2.60. The van der Waals surface area contributed by atoms with Crippen molar-refractivity contribution in [3.05, 3.63) is 63.2 Å². The number of halogens is 1. The molecule has 2 rings (SSSR count). The lowest BCUT2D eigenvalue weighted by Gasteiger charge is -2.07. The Balaban J connectivity index is 2.19. The lowest BCUT2D eigenvalue weighted by atomic mass is 10.1. The Morgan fingerprint density at radius 2 is 1.85 bits per heavy atom. The van der Waals surface area contributed by atoms with Crippen LogP contribution in [0.15, 0.2) is 42.5 Å². The SMILES string of the molecule is Nc1ccc(Cl)cc1C(=O)Nc1ccc([N+](=O)[O-])cc1. The molecule has 0 radical (unpaired) electrons. The van der Waals surface area contributed by atoms with E-state index in [-0.39, 0.29) is 11.3 Å². The van der Waals surface area contributed by atoms with Gasteiger partial charge in [-0.1, -0.05) is 11.6 Å². The van der Waals surface area contributed by atoms with Crippen molar-refractivity contribution >= 4 is 34.6 Å². The van der Waals surface area contributed by atoms with Gasteiger partial charge in [-0.25, -0.2) is 0 Å². The summed E-state index contributed by atoms with van der Waals surface area (Å²) in [7, 11) is 0. The fraction of sp³-hybridized carbons (Fsp3) is 0. The number of rotatable bonds is 3. The molecular weight excluding hydrogens is 282 g/mol. The third-order valence-corrected chi connectivity index (χ3v) is 2.83. The third-order valence-electron chi connectivity index (χ3n) is 2.60. The minimum atomic E-state index is -0.513. The Morgan fingerprint density at radius 1 is 1.20 bits per heavy atom. The maximum absolute atomic E-state index is 12.0. The first-order valence-corrected chi connectivity index (χ1v) is 5.96. The van der Waals surface area contributed by atoms with E-state index in [0.29, 0.717) is 16.4 Å². The molecule has 0 fully saturated rings. The maximum atomic E-state index is 12.0. The number of nitrogen functional groups attached to an aromatic ring is 1. The number of carbonyl (C=O) groups is 1. The topological polar surface area (TPSA) is 98.3 Å². The molecule has 20 heavy (non-hydrogen) atoms. The van der Waals surface area contributed by atoms with Gasteiger partial charge in [0.2, 0.25) is 0 Å². The van der Waals surface area contributed by atoms with Gasteiger partial charge in [0.05, 0.1) is 10.5 Å². The Bertz CT molecular complexity index is 671. The van der Waals surface area contributed by atoms with E-state index in [1.54, 1.807) is 6.07 Å². The highest BCUT2D eigenvalue weighted by Gasteiger charge is 2.11. The van der Waals surface area contributed by atoms with Crippen molar-refractivity contribution in [1.29, 1.82) is 0 Å². The molecule has 0 bridgehead atoms. The summed E-state index contributed by atoms with van der Waals surface area (Å²) in [6.07, 6.45) is 0. The maximum Gasteiger partial charge on any atom is 0.269 e. The number of nitrogens with zero attached hydrogens (tertiary/aromatic N) is 1. The summed E-state index contributed by atoms with van der Waals surface area (Å²) < 4.78 is 0. The largest absolute Gasteiger partial charge is 0.398 e. The van der Waals surface area contributed by atoms with E-state index in [1.165, 1.54) is 36.4 Å². The predicted octanol–water partition coefficient (Wildman–Crippen LogP) is 3.08. The van der Waals surface area contributed by atoms with Gasteiger partial charge in [0.25, 0.3) is 11.6 Å². The molecule has 1 amide bonds. The molecule has 0 aliphatic heterocycles. The first-order valence-electron chi connectivity index (χ1n) is 5.58. The van der Waals surface area contributed by atoms with Crippen molar-refractivity contribution < 1.29 is 9.72 Å². The van der Waals surface area contributed by atoms with E-state index >= 15 is 0 Å². The minimum Gasteiger partial charge on any atom is -0.398 e.